The van der Waals surface area contributed by atoms with Crippen molar-refractivity contribution in [1.82, 2.24) is 5.48 Å². The molecular formula is C21H27NO2. The summed E-state index contributed by atoms with van der Waals surface area (Å²) >= 11 is 0. The van der Waals surface area contributed by atoms with Crippen LogP contribution in [-0.4, -0.2) is 12.6 Å². The highest BCUT2D eigenvalue weighted by atomic mass is 16.7. The Bertz CT molecular complexity index is 571. The van der Waals surface area contributed by atoms with E-state index in [1.807, 2.05) is 42.5 Å². The molecule has 0 saturated heterocycles. The fourth-order valence-electron chi connectivity index (χ4n) is 2.42. The standard InChI is InChI=1S/C21H27NO2/c1-3-11-21(19-14-9-6-10-15-19)24-22-20(4-2)17-23-16-18-12-7-5-8-13-18/h4-10,12-15,20-22H,2-3,11,16-17H2,1H3/t20-,21?/m0/s1. The van der Waals surface area contributed by atoms with Crippen LogP contribution in [0.3, 0.4) is 0 Å². The SMILES string of the molecule is C=C[C@@H](COCc1ccccc1)NOC(CCC)c1ccccc1. The molecule has 2 rings (SSSR count). The van der Waals surface area contributed by atoms with E-state index < -0.39 is 0 Å². The molecule has 1 unspecified atom stereocenters. The number of hydroxylamine groups is 1. The lowest BCUT2D eigenvalue weighted by Gasteiger charge is -2.21. The molecule has 3 heteroatoms. The molecule has 0 saturated carbocycles. The van der Waals surface area contributed by atoms with Gasteiger partial charge in [0.2, 0.25) is 0 Å². The predicted molar refractivity (Wildman–Crippen MR) is 98.4 cm³/mol. The van der Waals surface area contributed by atoms with Crippen LogP contribution in [-0.2, 0) is 16.2 Å². The second-order valence-corrected chi connectivity index (χ2v) is 5.77. The molecule has 0 aliphatic rings. The largest absolute Gasteiger partial charge is 0.375 e. The quantitative estimate of drug-likeness (QED) is 0.474. The first-order chi connectivity index (χ1) is 11.8. The van der Waals surface area contributed by atoms with Gasteiger partial charge in [0.05, 0.1) is 19.3 Å². The van der Waals surface area contributed by atoms with Crippen LogP contribution in [0.15, 0.2) is 73.3 Å². The lowest BCUT2D eigenvalue weighted by atomic mass is 10.1. The minimum absolute atomic E-state index is 0.0350. The van der Waals surface area contributed by atoms with Gasteiger partial charge in [0.1, 0.15) is 6.10 Å². The van der Waals surface area contributed by atoms with Crippen LogP contribution < -0.4 is 5.48 Å². The summed E-state index contributed by atoms with van der Waals surface area (Å²) in [5, 5.41) is 0. The van der Waals surface area contributed by atoms with E-state index in [0.29, 0.717) is 13.2 Å². The molecule has 0 aromatic heterocycles. The molecule has 0 heterocycles. The zero-order valence-corrected chi connectivity index (χ0v) is 14.4. The third-order valence-electron chi connectivity index (χ3n) is 3.78. The van der Waals surface area contributed by atoms with Gasteiger partial charge in [-0.15, -0.1) is 6.58 Å². The number of benzene rings is 2. The van der Waals surface area contributed by atoms with Gasteiger partial charge in [-0.25, -0.2) is 0 Å². The summed E-state index contributed by atoms with van der Waals surface area (Å²) in [5.74, 6) is 0. The molecule has 0 aliphatic heterocycles. The van der Waals surface area contributed by atoms with Gasteiger partial charge in [-0.05, 0) is 17.5 Å². The number of hydrogen-bond donors (Lipinski definition) is 1. The van der Waals surface area contributed by atoms with Crippen molar-refractivity contribution in [3.63, 3.8) is 0 Å². The van der Waals surface area contributed by atoms with Crippen molar-refractivity contribution in [2.75, 3.05) is 6.61 Å². The van der Waals surface area contributed by atoms with Crippen LogP contribution >= 0.6 is 0 Å². The van der Waals surface area contributed by atoms with Crippen LogP contribution in [0.4, 0.5) is 0 Å². The zero-order valence-electron chi connectivity index (χ0n) is 14.4. The molecule has 128 valence electrons. The summed E-state index contributed by atoms with van der Waals surface area (Å²) in [6.45, 7) is 7.13. The van der Waals surface area contributed by atoms with E-state index in [1.165, 1.54) is 5.56 Å². The Morgan fingerprint density at radius 2 is 1.71 bits per heavy atom. The summed E-state index contributed by atoms with van der Waals surface area (Å²) < 4.78 is 5.76. The Kier molecular flexibility index (Phi) is 8.25. The summed E-state index contributed by atoms with van der Waals surface area (Å²) in [6, 6.07) is 20.4. The average molecular weight is 325 g/mol. The van der Waals surface area contributed by atoms with Crippen LogP contribution in [0.5, 0.6) is 0 Å². The molecule has 0 radical (unpaired) electrons. The second-order valence-electron chi connectivity index (χ2n) is 5.77. The topological polar surface area (TPSA) is 30.5 Å². The molecule has 0 aliphatic carbocycles. The highest BCUT2D eigenvalue weighted by molar-refractivity contribution is 5.17. The number of rotatable bonds is 11. The van der Waals surface area contributed by atoms with Crippen LogP contribution in [0.1, 0.15) is 37.0 Å². The van der Waals surface area contributed by atoms with Crippen molar-refractivity contribution >= 4 is 0 Å². The molecule has 3 nitrogen and oxygen atoms in total. The van der Waals surface area contributed by atoms with Gasteiger partial charge in [0.15, 0.2) is 0 Å². The maximum absolute atomic E-state index is 5.92. The Morgan fingerprint density at radius 1 is 1.04 bits per heavy atom. The predicted octanol–water partition coefficient (Wildman–Crippen LogP) is 4.82. The van der Waals surface area contributed by atoms with Gasteiger partial charge in [-0.3, -0.25) is 4.84 Å². The van der Waals surface area contributed by atoms with Crippen molar-refractivity contribution in [3.8, 4) is 0 Å². The average Bonchev–Trinajstić information content (AvgIpc) is 2.65. The first-order valence-corrected chi connectivity index (χ1v) is 8.53. The van der Waals surface area contributed by atoms with Gasteiger partial charge >= 0.3 is 0 Å². The molecular weight excluding hydrogens is 298 g/mol. The minimum atomic E-state index is -0.0446. The number of nitrogens with one attached hydrogen (secondary N) is 1. The summed E-state index contributed by atoms with van der Waals surface area (Å²) in [5.41, 5.74) is 5.44. The smallest absolute Gasteiger partial charge is 0.104 e. The fraction of sp³-hybridized carbons (Fsp3) is 0.333. The Labute approximate surface area is 145 Å². The Morgan fingerprint density at radius 3 is 2.33 bits per heavy atom. The molecule has 0 spiro atoms. The molecule has 24 heavy (non-hydrogen) atoms. The van der Waals surface area contributed by atoms with Gasteiger partial charge in [-0.1, -0.05) is 80.1 Å². The van der Waals surface area contributed by atoms with Crippen molar-refractivity contribution in [1.29, 1.82) is 0 Å². The molecule has 0 bridgehead atoms. The molecule has 2 aromatic carbocycles. The second kappa shape index (κ2) is 10.8. The van der Waals surface area contributed by atoms with Crippen molar-refractivity contribution in [2.45, 2.75) is 38.5 Å². The third-order valence-corrected chi connectivity index (χ3v) is 3.78. The van der Waals surface area contributed by atoms with Gasteiger partial charge in [0.25, 0.3) is 0 Å². The van der Waals surface area contributed by atoms with Crippen LogP contribution in [0.2, 0.25) is 0 Å². The maximum Gasteiger partial charge on any atom is 0.104 e. The maximum atomic E-state index is 5.92. The van der Waals surface area contributed by atoms with Crippen LogP contribution in [0, 0.1) is 0 Å². The molecule has 0 fully saturated rings. The monoisotopic (exact) mass is 325 g/mol. The summed E-state index contributed by atoms with van der Waals surface area (Å²) in [7, 11) is 0. The fourth-order valence-corrected chi connectivity index (χ4v) is 2.42. The molecule has 0 amide bonds. The lowest BCUT2D eigenvalue weighted by Crippen LogP contribution is -2.33. The van der Waals surface area contributed by atoms with Crippen molar-refractivity contribution in [2.24, 2.45) is 0 Å². The van der Waals surface area contributed by atoms with Gasteiger partial charge in [-0.2, -0.15) is 5.48 Å². The Hall–Kier alpha value is -1.94. The highest BCUT2D eigenvalue weighted by Crippen LogP contribution is 2.21. The highest BCUT2D eigenvalue weighted by Gasteiger charge is 2.13. The van der Waals surface area contributed by atoms with E-state index in [1.54, 1.807) is 0 Å². The van der Waals surface area contributed by atoms with Gasteiger partial charge in [0, 0.05) is 0 Å². The molecule has 2 atom stereocenters. The van der Waals surface area contributed by atoms with Crippen molar-refractivity contribution in [3.05, 3.63) is 84.4 Å². The summed E-state index contributed by atoms with van der Waals surface area (Å²) in [4.78, 5) is 5.92. The van der Waals surface area contributed by atoms with E-state index in [9.17, 15) is 0 Å². The van der Waals surface area contributed by atoms with Gasteiger partial charge < -0.3 is 4.74 Å². The van der Waals surface area contributed by atoms with E-state index in [-0.39, 0.29) is 12.1 Å². The van der Waals surface area contributed by atoms with Crippen LogP contribution in [0.25, 0.3) is 0 Å². The molecule has 2 aromatic rings. The zero-order chi connectivity index (χ0) is 17.0. The number of ether oxygens (including phenoxy) is 1. The number of hydrogen-bond acceptors (Lipinski definition) is 3. The minimum Gasteiger partial charge on any atom is -0.375 e. The molecule has 1 N–H and O–H groups in total. The van der Waals surface area contributed by atoms with E-state index in [2.05, 4.69) is 43.2 Å². The third kappa shape index (κ3) is 6.28. The first kappa shape index (κ1) is 18.4. The Balaban J connectivity index is 1.79. The summed E-state index contributed by atoms with van der Waals surface area (Å²) in [6.07, 6.45) is 3.88. The lowest BCUT2D eigenvalue weighted by molar-refractivity contribution is -0.0567. The first-order valence-electron chi connectivity index (χ1n) is 8.53. The normalized spacial score (nSPS) is 13.4. The van der Waals surface area contributed by atoms with E-state index in [4.69, 9.17) is 9.57 Å². The van der Waals surface area contributed by atoms with Crippen molar-refractivity contribution < 1.29 is 9.57 Å². The van der Waals surface area contributed by atoms with E-state index >= 15 is 0 Å². The van der Waals surface area contributed by atoms with E-state index in [0.717, 1.165) is 18.4 Å².